The molecule has 1 aromatic rings. The Labute approximate surface area is 102 Å². The number of ether oxygens (including phenoxy) is 1. The predicted molar refractivity (Wildman–Crippen MR) is 62.6 cm³/mol. The molecule has 7 nitrogen and oxygen atoms in total. The highest BCUT2D eigenvalue weighted by Crippen LogP contribution is 2.13. The Morgan fingerprint density at radius 3 is 2.67 bits per heavy atom. The third kappa shape index (κ3) is 2.97. The molecule has 1 aromatic carbocycles. The molecule has 0 spiro atoms. The zero-order chi connectivity index (χ0) is 13.0. The Morgan fingerprint density at radius 2 is 2.11 bits per heavy atom. The number of aliphatic carboxylic acids is 1. The quantitative estimate of drug-likeness (QED) is 0.708. The second-order valence-electron chi connectivity index (χ2n) is 3.56. The summed E-state index contributed by atoms with van der Waals surface area (Å²) in [5.41, 5.74) is 3.83. The van der Waals surface area contributed by atoms with Crippen LogP contribution in [-0.4, -0.2) is 36.0 Å². The van der Waals surface area contributed by atoms with Gasteiger partial charge in [-0.15, -0.1) is 0 Å². The smallest absolute Gasteiger partial charge is 0.341 e. The summed E-state index contributed by atoms with van der Waals surface area (Å²) in [6.45, 7) is -0.0287. The van der Waals surface area contributed by atoms with E-state index in [1.807, 2.05) is 0 Å². The first-order chi connectivity index (χ1) is 8.65. The molecule has 7 heteroatoms. The molecule has 0 unspecified atom stereocenters. The summed E-state index contributed by atoms with van der Waals surface area (Å²) in [7, 11) is 0. The molecule has 1 heterocycles. The van der Waals surface area contributed by atoms with Crippen LogP contribution in [0.15, 0.2) is 29.4 Å². The summed E-state index contributed by atoms with van der Waals surface area (Å²) in [6.07, 6.45) is 0. The minimum Gasteiger partial charge on any atom is -0.482 e. The molecule has 0 saturated heterocycles. The first-order valence-electron chi connectivity index (χ1n) is 5.20. The van der Waals surface area contributed by atoms with Gasteiger partial charge in [-0.05, 0) is 29.8 Å². The Bertz CT molecular complexity index is 496. The van der Waals surface area contributed by atoms with Gasteiger partial charge in [-0.2, -0.15) is 5.10 Å². The molecule has 0 radical (unpaired) electrons. The lowest BCUT2D eigenvalue weighted by Gasteiger charge is -2.14. The number of carbonyl (C=O) groups excluding carboxylic acids is 1. The van der Waals surface area contributed by atoms with Gasteiger partial charge in [0, 0.05) is 0 Å². The fraction of sp³-hybridized carbons (Fsp3) is 0.182. The van der Waals surface area contributed by atoms with Crippen molar-refractivity contribution in [3.8, 4) is 5.75 Å². The second-order valence-corrected chi connectivity index (χ2v) is 3.56. The van der Waals surface area contributed by atoms with E-state index in [1.54, 1.807) is 24.3 Å². The van der Waals surface area contributed by atoms with Crippen molar-refractivity contribution in [2.75, 3.05) is 13.2 Å². The molecular weight excluding hydrogens is 238 g/mol. The summed E-state index contributed by atoms with van der Waals surface area (Å²) >= 11 is 0. The Kier molecular flexibility index (Phi) is 3.42. The van der Waals surface area contributed by atoms with Crippen molar-refractivity contribution in [2.45, 2.75) is 0 Å². The fourth-order valence-corrected chi connectivity index (χ4v) is 1.42. The van der Waals surface area contributed by atoms with Gasteiger partial charge in [0.15, 0.2) is 6.61 Å². The van der Waals surface area contributed by atoms with Crippen LogP contribution >= 0.6 is 0 Å². The number of carbonyl (C=O) groups is 2. The van der Waals surface area contributed by atoms with E-state index in [0.29, 0.717) is 18.0 Å². The number of nitrogens with zero attached hydrogens (tertiary/aromatic N) is 1. The molecule has 2 amide bonds. The van der Waals surface area contributed by atoms with E-state index in [0.717, 1.165) is 5.56 Å². The molecule has 0 fully saturated rings. The van der Waals surface area contributed by atoms with Crippen molar-refractivity contribution in [1.82, 2.24) is 10.7 Å². The number of hydrazone groups is 1. The van der Waals surface area contributed by atoms with E-state index < -0.39 is 5.97 Å². The summed E-state index contributed by atoms with van der Waals surface area (Å²) in [6, 6.07) is 6.46. The van der Waals surface area contributed by atoms with Gasteiger partial charge in [0.05, 0.1) is 12.3 Å². The van der Waals surface area contributed by atoms with Crippen LogP contribution in [0, 0.1) is 0 Å². The number of benzene rings is 1. The molecule has 1 aliphatic heterocycles. The Hall–Kier alpha value is -2.57. The zero-order valence-electron chi connectivity index (χ0n) is 9.34. The number of urea groups is 1. The van der Waals surface area contributed by atoms with E-state index in [2.05, 4.69) is 15.8 Å². The van der Waals surface area contributed by atoms with Crippen LogP contribution in [-0.2, 0) is 4.79 Å². The third-order valence-electron chi connectivity index (χ3n) is 2.26. The average molecular weight is 249 g/mol. The van der Waals surface area contributed by atoms with Crippen molar-refractivity contribution < 1.29 is 19.4 Å². The minimum atomic E-state index is -1.03. The van der Waals surface area contributed by atoms with Gasteiger partial charge in [0.2, 0.25) is 0 Å². The van der Waals surface area contributed by atoms with Crippen LogP contribution < -0.4 is 15.5 Å². The van der Waals surface area contributed by atoms with Crippen molar-refractivity contribution in [3.63, 3.8) is 0 Å². The molecule has 94 valence electrons. The largest absolute Gasteiger partial charge is 0.482 e. The maximum Gasteiger partial charge on any atom is 0.341 e. The molecular formula is C11H11N3O4. The molecule has 2 rings (SSSR count). The van der Waals surface area contributed by atoms with Crippen molar-refractivity contribution in [2.24, 2.45) is 5.10 Å². The zero-order valence-corrected chi connectivity index (χ0v) is 9.34. The van der Waals surface area contributed by atoms with Crippen LogP contribution in [0.1, 0.15) is 5.56 Å². The standard InChI is InChI=1S/C11H11N3O4/c15-10(16)6-18-8-3-1-7(2-4-8)9-5-12-11(17)14-13-9/h1-4H,5-6H2,(H,15,16)(H2,12,14,17). The van der Waals surface area contributed by atoms with Crippen LogP contribution in [0.2, 0.25) is 0 Å². The topological polar surface area (TPSA) is 100 Å². The Balaban J connectivity index is 2.03. The first-order valence-corrected chi connectivity index (χ1v) is 5.20. The SMILES string of the molecule is O=C(O)COc1ccc(C2=NNC(=O)NC2)cc1. The normalized spacial score (nSPS) is 14.2. The van der Waals surface area contributed by atoms with Gasteiger partial charge in [-0.1, -0.05) is 0 Å². The molecule has 0 aliphatic carbocycles. The number of carboxylic acid groups (broad SMARTS) is 1. The van der Waals surface area contributed by atoms with Crippen LogP contribution in [0.25, 0.3) is 0 Å². The fourth-order valence-electron chi connectivity index (χ4n) is 1.42. The molecule has 0 aromatic heterocycles. The van der Waals surface area contributed by atoms with Gasteiger partial charge < -0.3 is 15.2 Å². The molecule has 1 aliphatic rings. The number of nitrogens with one attached hydrogen (secondary N) is 2. The predicted octanol–water partition coefficient (Wildman–Crippen LogP) is 0.167. The van der Waals surface area contributed by atoms with Crippen LogP contribution in [0.3, 0.4) is 0 Å². The van der Waals surface area contributed by atoms with Gasteiger partial charge in [-0.25, -0.2) is 15.0 Å². The molecule has 0 bridgehead atoms. The van der Waals surface area contributed by atoms with Gasteiger partial charge >= 0.3 is 12.0 Å². The van der Waals surface area contributed by atoms with Crippen molar-refractivity contribution in [1.29, 1.82) is 0 Å². The lowest BCUT2D eigenvalue weighted by molar-refractivity contribution is -0.139. The molecule has 18 heavy (non-hydrogen) atoms. The van der Waals surface area contributed by atoms with Crippen LogP contribution in [0.4, 0.5) is 4.79 Å². The highest BCUT2D eigenvalue weighted by Gasteiger charge is 2.11. The van der Waals surface area contributed by atoms with E-state index in [-0.39, 0.29) is 12.6 Å². The third-order valence-corrected chi connectivity index (χ3v) is 2.26. The maximum atomic E-state index is 10.8. The minimum absolute atomic E-state index is 0.333. The lowest BCUT2D eigenvalue weighted by Crippen LogP contribution is -2.42. The van der Waals surface area contributed by atoms with E-state index in [4.69, 9.17) is 9.84 Å². The van der Waals surface area contributed by atoms with E-state index >= 15 is 0 Å². The second kappa shape index (κ2) is 5.17. The molecule has 0 atom stereocenters. The number of carboxylic acids is 1. The maximum absolute atomic E-state index is 10.8. The van der Waals surface area contributed by atoms with Crippen molar-refractivity contribution >= 4 is 17.7 Å². The Morgan fingerprint density at radius 1 is 1.39 bits per heavy atom. The number of hydrogen-bond donors (Lipinski definition) is 3. The highest BCUT2D eigenvalue weighted by molar-refractivity contribution is 6.05. The van der Waals surface area contributed by atoms with E-state index in [9.17, 15) is 9.59 Å². The molecule has 0 saturated carbocycles. The van der Waals surface area contributed by atoms with Gasteiger partial charge in [0.25, 0.3) is 0 Å². The number of hydrogen-bond acceptors (Lipinski definition) is 4. The summed E-state index contributed by atoms with van der Waals surface area (Å²) in [5, 5.41) is 15.0. The first kappa shape index (κ1) is 11.9. The van der Waals surface area contributed by atoms with Gasteiger partial charge in [-0.3, -0.25) is 0 Å². The van der Waals surface area contributed by atoms with Gasteiger partial charge in [0.1, 0.15) is 5.75 Å². The summed E-state index contributed by atoms with van der Waals surface area (Å²) in [4.78, 5) is 21.2. The monoisotopic (exact) mass is 249 g/mol. The summed E-state index contributed by atoms with van der Waals surface area (Å²) in [5.74, 6) is -0.558. The molecule has 3 N–H and O–H groups in total. The van der Waals surface area contributed by atoms with E-state index in [1.165, 1.54) is 0 Å². The van der Waals surface area contributed by atoms with Crippen LogP contribution in [0.5, 0.6) is 5.75 Å². The highest BCUT2D eigenvalue weighted by atomic mass is 16.5. The van der Waals surface area contributed by atoms with Crippen molar-refractivity contribution in [3.05, 3.63) is 29.8 Å². The number of amides is 2. The lowest BCUT2D eigenvalue weighted by atomic mass is 10.1. The number of rotatable bonds is 4. The summed E-state index contributed by atoms with van der Waals surface area (Å²) < 4.78 is 5.00. The average Bonchev–Trinajstić information content (AvgIpc) is 2.38.